The predicted octanol–water partition coefficient (Wildman–Crippen LogP) is 3.83. The molecule has 0 aromatic heterocycles. The molecule has 0 heterocycles. The molecule has 1 unspecified atom stereocenters. The third-order valence-corrected chi connectivity index (χ3v) is 4.04. The van der Waals surface area contributed by atoms with Crippen molar-refractivity contribution >= 4 is 6.03 Å². The van der Waals surface area contributed by atoms with E-state index in [0.717, 1.165) is 25.3 Å². The molecule has 0 aliphatic heterocycles. The Bertz CT molecular complexity index is 225. The van der Waals surface area contributed by atoms with Gasteiger partial charge >= 0.3 is 6.03 Å². The third-order valence-electron chi connectivity index (χ3n) is 4.04. The van der Waals surface area contributed by atoms with Crippen LogP contribution in [0.15, 0.2) is 0 Å². The second kappa shape index (κ2) is 9.23. The Kier molecular flexibility index (Phi) is 7.86. The molecular formula is C15H30N2O. The molecule has 2 N–H and O–H groups in total. The highest BCUT2D eigenvalue weighted by atomic mass is 16.2. The highest BCUT2D eigenvalue weighted by molar-refractivity contribution is 5.74. The number of hydrogen-bond acceptors (Lipinski definition) is 1. The molecule has 1 rings (SSSR count). The molecule has 0 spiro atoms. The van der Waals surface area contributed by atoms with Gasteiger partial charge in [-0.1, -0.05) is 51.9 Å². The van der Waals surface area contributed by atoms with E-state index < -0.39 is 0 Å². The number of carbonyl (C=O) groups is 1. The van der Waals surface area contributed by atoms with Crippen LogP contribution in [0, 0.1) is 5.92 Å². The zero-order valence-corrected chi connectivity index (χ0v) is 12.1. The smallest absolute Gasteiger partial charge is 0.314 e. The molecule has 1 aliphatic carbocycles. The average molecular weight is 254 g/mol. The fraction of sp³-hybridized carbons (Fsp3) is 0.933. The van der Waals surface area contributed by atoms with E-state index in [1.807, 2.05) is 6.92 Å². The maximum atomic E-state index is 11.5. The number of nitrogens with one attached hydrogen (secondary N) is 2. The normalized spacial score (nSPS) is 18.3. The van der Waals surface area contributed by atoms with E-state index in [1.54, 1.807) is 0 Å². The lowest BCUT2D eigenvalue weighted by Gasteiger charge is -2.21. The van der Waals surface area contributed by atoms with E-state index in [0.29, 0.717) is 0 Å². The van der Waals surface area contributed by atoms with Gasteiger partial charge < -0.3 is 10.6 Å². The van der Waals surface area contributed by atoms with Gasteiger partial charge in [-0.05, 0) is 25.7 Å². The SMILES string of the molecule is CCC(C)NC(=O)NCCCCC1CCCCC1. The summed E-state index contributed by atoms with van der Waals surface area (Å²) in [5, 5.41) is 5.86. The van der Waals surface area contributed by atoms with Crippen molar-refractivity contribution in [2.24, 2.45) is 5.92 Å². The summed E-state index contributed by atoms with van der Waals surface area (Å²) >= 11 is 0. The van der Waals surface area contributed by atoms with Crippen LogP contribution in [0.3, 0.4) is 0 Å². The highest BCUT2D eigenvalue weighted by Crippen LogP contribution is 2.27. The summed E-state index contributed by atoms with van der Waals surface area (Å²) < 4.78 is 0. The van der Waals surface area contributed by atoms with Crippen molar-refractivity contribution in [1.82, 2.24) is 10.6 Å². The third kappa shape index (κ3) is 6.87. The van der Waals surface area contributed by atoms with Gasteiger partial charge in [0, 0.05) is 12.6 Å². The number of rotatable bonds is 7. The lowest BCUT2D eigenvalue weighted by Crippen LogP contribution is -2.40. The first-order valence-corrected chi connectivity index (χ1v) is 7.76. The maximum absolute atomic E-state index is 11.5. The van der Waals surface area contributed by atoms with Gasteiger partial charge in [0.05, 0.1) is 0 Å². The summed E-state index contributed by atoms with van der Waals surface area (Å²) in [7, 11) is 0. The summed E-state index contributed by atoms with van der Waals surface area (Å²) in [5.74, 6) is 0.965. The minimum absolute atomic E-state index is 0.0120. The highest BCUT2D eigenvalue weighted by Gasteiger charge is 2.12. The molecule has 0 aromatic carbocycles. The van der Waals surface area contributed by atoms with Gasteiger partial charge in [0.1, 0.15) is 0 Å². The first kappa shape index (κ1) is 15.3. The van der Waals surface area contributed by atoms with Crippen LogP contribution in [0.5, 0.6) is 0 Å². The molecule has 106 valence electrons. The van der Waals surface area contributed by atoms with E-state index in [1.165, 1.54) is 44.9 Å². The van der Waals surface area contributed by atoms with Crippen molar-refractivity contribution in [2.75, 3.05) is 6.54 Å². The van der Waals surface area contributed by atoms with Gasteiger partial charge in [-0.3, -0.25) is 0 Å². The van der Waals surface area contributed by atoms with E-state index in [4.69, 9.17) is 0 Å². The van der Waals surface area contributed by atoms with Crippen LogP contribution < -0.4 is 10.6 Å². The number of carbonyl (C=O) groups excluding carboxylic acids is 1. The topological polar surface area (TPSA) is 41.1 Å². The first-order valence-electron chi connectivity index (χ1n) is 7.76. The molecule has 18 heavy (non-hydrogen) atoms. The number of amides is 2. The molecule has 1 saturated carbocycles. The second-order valence-corrected chi connectivity index (χ2v) is 5.71. The monoisotopic (exact) mass is 254 g/mol. The molecule has 2 amide bonds. The minimum atomic E-state index is -0.0120. The maximum Gasteiger partial charge on any atom is 0.314 e. The Morgan fingerprint density at radius 1 is 1.22 bits per heavy atom. The lowest BCUT2D eigenvalue weighted by molar-refractivity contribution is 0.237. The Labute approximate surface area is 112 Å². The Morgan fingerprint density at radius 2 is 1.94 bits per heavy atom. The molecule has 3 heteroatoms. The zero-order chi connectivity index (χ0) is 13.2. The van der Waals surface area contributed by atoms with Gasteiger partial charge in [-0.15, -0.1) is 0 Å². The lowest BCUT2D eigenvalue weighted by atomic mass is 9.86. The molecule has 0 saturated heterocycles. The van der Waals surface area contributed by atoms with Crippen LogP contribution in [0.2, 0.25) is 0 Å². The van der Waals surface area contributed by atoms with Crippen molar-refractivity contribution in [2.45, 2.75) is 77.7 Å². The Morgan fingerprint density at radius 3 is 2.61 bits per heavy atom. The van der Waals surface area contributed by atoms with Gasteiger partial charge in [-0.2, -0.15) is 0 Å². The largest absolute Gasteiger partial charge is 0.338 e. The van der Waals surface area contributed by atoms with Crippen molar-refractivity contribution in [1.29, 1.82) is 0 Å². The molecular weight excluding hydrogens is 224 g/mol. The average Bonchev–Trinajstić information content (AvgIpc) is 2.39. The second-order valence-electron chi connectivity index (χ2n) is 5.71. The van der Waals surface area contributed by atoms with Gasteiger partial charge in [-0.25, -0.2) is 4.79 Å². The Hall–Kier alpha value is -0.730. The summed E-state index contributed by atoms with van der Waals surface area (Å²) in [4.78, 5) is 11.5. The van der Waals surface area contributed by atoms with Crippen LogP contribution in [0.25, 0.3) is 0 Å². The molecule has 1 aliphatic rings. The molecule has 3 nitrogen and oxygen atoms in total. The molecule has 1 atom stereocenters. The van der Waals surface area contributed by atoms with Crippen LogP contribution in [-0.2, 0) is 0 Å². The van der Waals surface area contributed by atoms with Crippen LogP contribution in [-0.4, -0.2) is 18.6 Å². The number of urea groups is 1. The summed E-state index contributed by atoms with van der Waals surface area (Å²) in [6.07, 6.45) is 11.9. The zero-order valence-electron chi connectivity index (χ0n) is 12.1. The van der Waals surface area contributed by atoms with Gasteiger partial charge in [0.2, 0.25) is 0 Å². The van der Waals surface area contributed by atoms with E-state index in [2.05, 4.69) is 17.6 Å². The molecule has 0 radical (unpaired) electrons. The van der Waals surface area contributed by atoms with E-state index in [9.17, 15) is 4.79 Å². The van der Waals surface area contributed by atoms with Crippen molar-refractivity contribution < 1.29 is 4.79 Å². The van der Waals surface area contributed by atoms with Gasteiger partial charge in [0.25, 0.3) is 0 Å². The van der Waals surface area contributed by atoms with Crippen LogP contribution in [0.1, 0.15) is 71.6 Å². The molecule has 1 fully saturated rings. The fourth-order valence-corrected chi connectivity index (χ4v) is 2.61. The fourth-order valence-electron chi connectivity index (χ4n) is 2.61. The van der Waals surface area contributed by atoms with E-state index >= 15 is 0 Å². The Balaban J connectivity index is 1.92. The van der Waals surface area contributed by atoms with Crippen LogP contribution >= 0.6 is 0 Å². The minimum Gasteiger partial charge on any atom is -0.338 e. The quantitative estimate of drug-likeness (QED) is 0.666. The van der Waals surface area contributed by atoms with Crippen molar-refractivity contribution in [3.8, 4) is 0 Å². The number of hydrogen-bond donors (Lipinski definition) is 2. The first-order chi connectivity index (χ1) is 8.72. The summed E-state index contributed by atoms with van der Waals surface area (Å²) in [5.41, 5.74) is 0. The molecule has 0 bridgehead atoms. The van der Waals surface area contributed by atoms with Crippen molar-refractivity contribution in [3.63, 3.8) is 0 Å². The van der Waals surface area contributed by atoms with Crippen molar-refractivity contribution in [3.05, 3.63) is 0 Å². The van der Waals surface area contributed by atoms with Gasteiger partial charge in [0.15, 0.2) is 0 Å². The summed E-state index contributed by atoms with van der Waals surface area (Å²) in [6.45, 7) is 4.92. The standard InChI is InChI=1S/C15H30N2O/c1-3-13(2)17-15(18)16-12-8-7-11-14-9-5-4-6-10-14/h13-14H,3-12H2,1-2H3,(H2,16,17,18). The molecule has 0 aromatic rings. The summed E-state index contributed by atoms with van der Waals surface area (Å²) in [6, 6.07) is 0.259. The number of unbranched alkanes of at least 4 members (excludes halogenated alkanes) is 1. The van der Waals surface area contributed by atoms with E-state index in [-0.39, 0.29) is 12.1 Å². The van der Waals surface area contributed by atoms with Crippen LogP contribution in [0.4, 0.5) is 4.79 Å². The predicted molar refractivity (Wildman–Crippen MR) is 76.7 cm³/mol.